The van der Waals surface area contributed by atoms with Crippen LogP contribution in [0.15, 0.2) is 30.0 Å². The molecule has 19 heavy (non-hydrogen) atoms. The number of nitriles is 1. The number of alkyl halides is 1. The van der Waals surface area contributed by atoms with Crippen LogP contribution in [0.2, 0.25) is 0 Å². The molecule has 1 aromatic rings. The average Bonchev–Trinajstić information content (AvgIpc) is 2.39. The first-order valence-electron chi connectivity index (χ1n) is 5.87. The number of nitrogens with one attached hydrogen (secondary N) is 2. The lowest BCUT2D eigenvalue weighted by Gasteiger charge is -2.09. The summed E-state index contributed by atoms with van der Waals surface area (Å²) in [6, 6.07) is 7.74. The number of hydrogen-bond donors (Lipinski definition) is 2. The highest BCUT2D eigenvalue weighted by Crippen LogP contribution is 2.19. The van der Waals surface area contributed by atoms with Crippen molar-refractivity contribution in [1.29, 1.82) is 5.26 Å². The standard InChI is InChI=1S/C14H16ClN3O/c1-10-4-3-5-11(2)13(10)18-9-12(8-16)14(19)17-7-6-15/h3-5,9,18H,6-7H2,1-2H3,(H,17,19)/b12-9-. The summed E-state index contributed by atoms with van der Waals surface area (Å²) in [7, 11) is 0. The second kappa shape index (κ2) is 7.45. The summed E-state index contributed by atoms with van der Waals surface area (Å²) in [6.07, 6.45) is 1.42. The summed E-state index contributed by atoms with van der Waals surface area (Å²) in [6.45, 7) is 4.26. The molecule has 0 aliphatic heterocycles. The zero-order valence-electron chi connectivity index (χ0n) is 11.0. The van der Waals surface area contributed by atoms with Gasteiger partial charge in [-0.2, -0.15) is 5.26 Å². The predicted molar refractivity (Wildman–Crippen MR) is 77.0 cm³/mol. The Hall–Kier alpha value is -1.99. The van der Waals surface area contributed by atoms with E-state index >= 15 is 0 Å². The van der Waals surface area contributed by atoms with Crippen LogP contribution in [-0.2, 0) is 4.79 Å². The zero-order chi connectivity index (χ0) is 14.3. The molecule has 0 fully saturated rings. The number of anilines is 1. The quantitative estimate of drug-likeness (QED) is 0.494. The molecule has 5 heteroatoms. The van der Waals surface area contributed by atoms with Gasteiger partial charge in [-0.15, -0.1) is 11.6 Å². The van der Waals surface area contributed by atoms with Crippen molar-refractivity contribution in [2.45, 2.75) is 13.8 Å². The minimum atomic E-state index is -0.429. The van der Waals surface area contributed by atoms with Crippen LogP contribution < -0.4 is 10.6 Å². The SMILES string of the molecule is Cc1cccc(C)c1N/C=C(/C#N)C(=O)NCCCl. The first-order valence-corrected chi connectivity index (χ1v) is 6.40. The molecule has 1 amide bonds. The summed E-state index contributed by atoms with van der Waals surface area (Å²) < 4.78 is 0. The van der Waals surface area contributed by atoms with Gasteiger partial charge in [-0.3, -0.25) is 4.79 Å². The number of halogens is 1. The monoisotopic (exact) mass is 277 g/mol. The molecule has 0 atom stereocenters. The number of benzene rings is 1. The second-order valence-corrected chi connectivity index (χ2v) is 4.40. The fourth-order valence-electron chi connectivity index (χ4n) is 1.59. The molecule has 0 saturated heterocycles. The summed E-state index contributed by atoms with van der Waals surface area (Å²) in [4.78, 5) is 11.6. The van der Waals surface area contributed by atoms with Gasteiger partial charge in [-0.1, -0.05) is 18.2 Å². The molecule has 0 saturated carbocycles. The number of hydrogen-bond acceptors (Lipinski definition) is 3. The fourth-order valence-corrected chi connectivity index (χ4v) is 1.69. The molecule has 0 aliphatic carbocycles. The van der Waals surface area contributed by atoms with Crippen LogP contribution in [-0.4, -0.2) is 18.3 Å². The van der Waals surface area contributed by atoms with E-state index in [0.29, 0.717) is 12.4 Å². The van der Waals surface area contributed by atoms with Gasteiger partial charge in [0.05, 0.1) is 0 Å². The molecular weight excluding hydrogens is 262 g/mol. The van der Waals surface area contributed by atoms with E-state index in [9.17, 15) is 4.79 Å². The maximum absolute atomic E-state index is 11.6. The second-order valence-electron chi connectivity index (χ2n) is 4.03. The van der Waals surface area contributed by atoms with Gasteiger partial charge in [0.15, 0.2) is 0 Å². The molecule has 0 bridgehead atoms. The zero-order valence-corrected chi connectivity index (χ0v) is 11.7. The molecule has 1 rings (SSSR count). The Morgan fingerprint density at radius 2 is 2.05 bits per heavy atom. The number of rotatable bonds is 5. The van der Waals surface area contributed by atoms with Gasteiger partial charge in [0.2, 0.25) is 0 Å². The van der Waals surface area contributed by atoms with Gasteiger partial charge in [-0.05, 0) is 25.0 Å². The van der Waals surface area contributed by atoms with Crippen molar-refractivity contribution in [2.75, 3.05) is 17.7 Å². The minimum Gasteiger partial charge on any atom is -0.360 e. The molecule has 0 heterocycles. The van der Waals surface area contributed by atoms with E-state index in [1.165, 1.54) is 6.20 Å². The van der Waals surface area contributed by atoms with Gasteiger partial charge < -0.3 is 10.6 Å². The smallest absolute Gasteiger partial charge is 0.263 e. The minimum absolute atomic E-state index is 0.0211. The molecule has 0 aromatic heterocycles. The normalized spacial score (nSPS) is 10.7. The summed E-state index contributed by atoms with van der Waals surface area (Å²) in [5, 5.41) is 14.5. The lowest BCUT2D eigenvalue weighted by molar-refractivity contribution is -0.117. The lowest BCUT2D eigenvalue weighted by Crippen LogP contribution is -2.26. The van der Waals surface area contributed by atoms with Gasteiger partial charge in [0, 0.05) is 24.3 Å². The summed E-state index contributed by atoms with van der Waals surface area (Å²) >= 11 is 5.48. The number of carbonyl (C=O) groups excluding carboxylic acids is 1. The Bertz CT molecular complexity index is 512. The van der Waals surface area contributed by atoms with Crippen LogP contribution in [0.25, 0.3) is 0 Å². The highest BCUT2D eigenvalue weighted by atomic mass is 35.5. The van der Waals surface area contributed by atoms with E-state index in [2.05, 4.69) is 10.6 Å². The molecule has 0 radical (unpaired) electrons. The molecule has 4 nitrogen and oxygen atoms in total. The summed E-state index contributed by atoms with van der Waals surface area (Å²) in [5.41, 5.74) is 3.03. The third-order valence-electron chi connectivity index (χ3n) is 2.59. The van der Waals surface area contributed by atoms with Crippen molar-refractivity contribution in [2.24, 2.45) is 0 Å². The molecule has 2 N–H and O–H groups in total. The van der Waals surface area contributed by atoms with Crippen molar-refractivity contribution >= 4 is 23.2 Å². The number of nitrogens with zero attached hydrogens (tertiary/aromatic N) is 1. The van der Waals surface area contributed by atoms with Crippen LogP contribution >= 0.6 is 11.6 Å². The number of para-hydroxylation sites is 1. The highest BCUT2D eigenvalue weighted by Gasteiger charge is 2.08. The third-order valence-corrected chi connectivity index (χ3v) is 2.78. The molecule has 1 aromatic carbocycles. The van der Waals surface area contributed by atoms with E-state index in [0.717, 1.165) is 16.8 Å². The van der Waals surface area contributed by atoms with Crippen LogP contribution in [0.5, 0.6) is 0 Å². The highest BCUT2D eigenvalue weighted by molar-refractivity contribution is 6.18. The largest absolute Gasteiger partial charge is 0.360 e. The van der Waals surface area contributed by atoms with Crippen LogP contribution in [0.4, 0.5) is 5.69 Å². The van der Waals surface area contributed by atoms with Crippen molar-refractivity contribution in [3.63, 3.8) is 0 Å². The van der Waals surface area contributed by atoms with Crippen molar-refractivity contribution < 1.29 is 4.79 Å². The lowest BCUT2D eigenvalue weighted by atomic mass is 10.1. The van der Waals surface area contributed by atoms with Gasteiger partial charge in [0.25, 0.3) is 5.91 Å². The van der Waals surface area contributed by atoms with Crippen LogP contribution in [0.1, 0.15) is 11.1 Å². The van der Waals surface area contributed by atoms with Crippen LogP contribution in [0.3, 0.4) is 0 Å². The Kier molecular flexibility index (Phi) is 5.91. The number of carbonyl (C=O) groups is 1. The van der Waals surface area contributed by atoms with Crippen LogP contribution in [0, 0.1) is 25.2 Å². The van der Waals surface area contributed by atoms with E-state index < -0.39 is 5.91 Å². The van der Waals surface area contributed by atoms with E-state index in [-0.39, 0.29) is 5.57 Å². The Morgan fingerprint density at radius 1 is 1.42 bits per heavy atom. The first-order chi connectivity index (χ1) is 9.10. The number of aryl methyl sites for hydroxylation is 2. The van der Waals surface area contributed by atoms with Crippen molar-refractivity contribution in [3.05, 3.63) is 41.1 Å². The fraction of sp³-hybridized carbons (Fsp3) is 0.286. The molecule has 0 aliphatic rings. The summed E-state index contributed by atoms with van der Waals surface area (Å²) in [5.74, 6) is -0.115. The average molecular weight is 278 g/mol. The first kappa shape index (κ1) is 15.1. The van der Waals surface area contributed by atoms with E-state index in [1.54, 1.807) is 0 Å². The van der Waals surface area contributed by atoms with Gasteiger partial charge in [-0.25, -0.2) is 0 Å². The predicted octanol–water partition coefficient (Wildman–Crippen LogP) is 2.48. The maximum atomic E-state index is 11.6. The topological polar surface area (TPSA) is 64.9 Å². The molecular formula is C14H16ClN3O. The maximum Gasteiger partial charge on any atom is 0.263 e. The Morgan fingerprint density at radius 3 is 2.58 bits per heavy atom. The molecule has 0 unspecified atom stereocenters. The van der Waals surface area contributed by atoms with E-state index in [1.807, 2.05) is 38.1 Å². The third kappa shape index (κ3) is 4.31. The van der Waals surface area contributed by atoms with Crippen molar-refractivity contribution in [3.8, 4) is 6.07 Å². The van der Waals surface area contributed by atoms with Gasteiger partial charge >= 0.3 is 0 Å². The Labute approximate surface area is 118 Å². The van der Waals surface area contributed by atoms with E-state index in [4.69, 9.17) is 16.9 Å². The van der Waals surface area contributed by atoms with Crippen molar-refractivity contribution in [1.82, 2.24) is 5.32 Å². The number of amides is 1. The molecule has 100 valence electrons. The molecule has 0 spiro atoms. The Balaban J connectivity index is 2.84. The van der Waals surface area contributed by atoms with Gasteiger partial charge in [0.1, 0.15) is 11.6 Å².